The Hall–Kier alpha value is -4.56. The number of carbonyl (C=O) groups is 2. The first-order valence-electron chi connectivity index (χ1n) is 16.3. The van der Waals surface area contributed by atoms with E-state index in [4.69, 9.17) is 4.43 Å². The monoisotopic (exact) mass is 672 g/mol. The summed E-state index contributed by atoms with van der Waals surface area (Å²) in [6, 6.07) is 32.8. The third kappa shape index (κ3) is 8.28. The molecule has 0 bridgehead atoms. The summed E-state index contributed by atoms with van der Waals surface area (Å²) in [5.41, 5.74) is 8.73. The van der Waals surface area contributed by atoms with Crippen molar-refractivity contribution < 1.29 is 14.0 Å². The van der Waals surface area contributed by atoms with Gasteiger partial charge in [-0.1, -0.05) is 93.6 Å². The molecule has 1 aromatic heterocycles. The van der Waals surface area contributed by atoms with Crippen LogP contribution in [0.2, 0.25) is 0 Å². The van der Waals surface area contributed by atoms with E-state index in [-0.39, 0.29) is 17.2 Å². The molecule has 0 aliphatic rings. The van der Waals surface area contributed by atoms with Gasteiger partial charge in [-0.3, -0.25) is 9.59 Å². The smallest absolute Gasteiger partial charge is 0.251 e. The summed E-state index contributed by atoms with van der Waals surface area (Å²) in [4.78, 5) is 25.8. The Morgan fingerprint density at radius 3 is 2.04 bits per heavy atom. The highest BCUT2D eigenvalue weighted by Gasteiger charge is 2.26. The summed E-state index contributed by atoms with van der Waals surface area (Å²) in [5.74, 6) is -0.314. The van der Waals surface area contributed by atoms with Crippen LogP contribution in [-0.2, 0) is 27.8 Å². The third-order valence-electron chi connectivity index (χ3n) is 8.60. The van der Waals surface area contributed by atoms with Gasteiger partial charge in [0.15, 0.2) is 0 Å². The standard InChI is InChI=1S/C41H44N2O3SSi/c1-28-32(27-46-48(33-13-9-7-10-14-33)34-15-11-8-12-16-34)25-36(29(2)39(28)41(3,4)5)35-23-24-47-37(35)26-43-38(44)22-19-30-17-20-31(21-18-30)40(45)42-6/h7-25,48H,26-27H2,1-6H3,(H,42,45)(H,43,44). The van der Waals surface area contributed by atoms with Crippen LogP contribution < -0.4 is 21.0 Å². The molecule has 0 saturated heterocycles. The molecule has 0 spiro atoms. The molecular weight excluding hydrogens is 629 g/mol. The molecule has 5 aromatic rings. The Morgan fingerprint density at radius 2 is 1.46 bits per heavy atom. The molecule has 4 aromatic carbocycles. The van der Waals surface area contributed by atoms with Crippen molar-refractivity contribution in [1.29, 1.82) is 0 Å². The number of hydrogen-bond donors (Lipinski definition) is 2. The number of carbonyl (C=O) groups excluding carboxylic acids is 2. The second-order valence-corrected chi connectivity index (χ2v) is 16.4. The zero-order valence-electron chi connectivity index (χ0n) is 28.6. The maximum absolute atomic E-state index is 12.8. The lowest BCUT2D eigenvalue weighted by Crippen LogP contribution is -2.44. The van der Waals surface area contributed by atoms with Gasteiger partial charge < -0.3 is 15.1 Å². The zero-order chi connectivity index (χ0) is 34.3. The van der Waals surface area contributed by atoms with E-state index in [2.05, 4.69) is 123 Å². The van der Waals surface area contributed by atoms with Gasteiger partial charge in [-0.15, -0.1) is 11.3 Å². The van der Waals surface area contributed by atoms with Crippen LogP contribution in [0.3, 0.4) is 0 Å². The number of amides is 2. The van der Waals surface area contributed by atoms with Gasteiger partial charge in [-0.2, -0.15) is 0 Å². The Labute approximate surface area is 290 Å². The van der Waals surface area contributed by atoms with Crippen molar-refractivity contribution >= 4 is 48.6 Å². The summed E-state index contributed by atoms with van der Waals surface area (Å²) in [6.45, 7) is 12.2. The molecule has 246 valence electrons. The number of benzene rings is 4. The molecule has 5 nitrogen and oxygen atoms in total. The Morgan fingerprint density at radius 1 is 0.833 bits per heavy atom. The number of thiophene rings is 1. The minimum atomic E-state index is -1.93. The van der Waals surface area contributed by atoms with E-state index >= 15 is 0 Å². The van der Waals surface area contributed by atoms with Gasteiger partial charge in [0.05, 0.1) is 13.2 Å². The average molecular weight is 673 g/mol. The van der Waals surface area contributed by atoms with Gasteiger partial charge in [-0.25, -0.2) is 0 Å². The van der Waals surface area contributed by atoms with E-state index in [1.165, 1.54) is 44.3 Å². The molecule has 0 radical (unpaired) electrons. The fraction of sp³-hybridized carbons (Fsp3) is 0.220. The molecule has 48 heavy (non-hydrogen) atoms. The first kappa shape index (κ1) is 34.8. The second kappa shape index (κ2) is 15.6. The van der Waals surface area contributed by atoms with E-state index in [1.807, 2.05) is 12.1 Å². The number of hydrogen-bond acceptors (Lipinski definition) is 4. The summed E-state index contributed by atoms with van der Waals surface area (Å²) >= 11 is 1.65. The van der Waals surface area contributed by atoms with Crippen molar-refractivity contribution in [3.05, 3.63) is 147 Å². The van der Waals surface area contributed by atoms with Crippen molar-refractivity contribution in [2.45, 2.75) is 53.2 Å². The third-order valence-corrected chi connectivity index (χ3v) is 12.0. The number of rotatable bonds is 11. The van der Waals surface area contributed by atoms with Gasteiger partial charge in [-0.05, 0) is 104 Å². The van der Waals surface area contributed by atoms with Gasteiger partial charge in [0.25, 0.3) is 5.91 Å². The van der Waals surface area contributed by atoms with Crippen LogP contribution in [0.4, 0.5) is 0 Å². The Balaban J connectivity index is 1.39. The van der Waals surface area contributed by atoms with E-state index in [0.717, 1.165) is 16.0 Å². The largest absolute Gasteiger partial charge is 0.407 e. The summed E-state index contributed by atoms with van der Waals surface area (Å²) in [6.07, 6.45) is 3.29. The lowest BCUT2D eigenvalue weighted by molar-refractivity contribution is -0.116. The van der Waals surface area contributed by atoms with Crippen molar-refractivity contribution in [3.63, 3.8) is 0 Å². The van der Waals surface area contributed by atoms with Crippen molar-refractivity contribution in [2.24, 2.45) is 0 Å². The molecule has 5 rings (SSSR count). The summed E-state index contributed by atoms with van der Waals surface area (Å²) in [7, 11) is -0.326. The molecule has 0 fully saturated rings. The first-order chi connectivity index (χ1) is 23.1. The highest BCUT2D eigenvalue weighted by Crippen LogP contribution is 2.39. The SMILES string of the molecule is CNC(=O)c1ccc(C=CC(=O)NCc2sccc2-c2cc(CO[SiH](c3ccccc3)c3ccccc3)c(C)c(C(C)(C)C)c2C)cc1. The maximum Gasteiger partial charge on any atom is 0.251 e. The normalized spacial score (nSPS) is 11.6. The average Bonchev–Trinajstić information content (AvgIpc) is 3.56. The van der Waals surface area contributed by atoms with Gasteiger partial charge >= 0.3 is 0 Å². The highest BCUT2D eigenvalue weighted by molar-refractivity contribution is 7.10. The molecule has 0 aliphatic carbocycles. The van der Waals surface area contributed by atoms with E-state index in [0.29, 0.717) is 18.7 Å². The Bertz CT molecular complexity index is 1850. The number of nitrogens with one attached hydrogen (secondary N) is 2. The van der Waals surface area contributed by atoms with Crippen LogP contribution in [0.5, 0.6) is 0 Å². The predicted molar refractivity (Wildman–Crippen MR) is 203 cm³/mol. The van der Waals surface area contributed by atoms with Crippen molar-refractivity contribution in [3.8, 4) is 11.1 Å². The van der Waals surface area contributed by atoms with Crippen molar-refractivity contribution in [2.75, 3.05) is 7.05 Å². The van der Waals surface area contributed by atoms with Crippen molar-refractivity contribution in [1.82, 2.24) is 10.6 Å². The summed E-state index contributed by atoms with van der Waals surface area (Å²) < 4.78 is 6.91. The lowest BCUT2D eigenvalue weighted by Gasteiger charge is -2.29. The molecule has 0 saturated carbocycles. The molecule has 0 atom stereocenters. The van der Waals surface area contributed by atoms with E-state index < -0.39 is 9.04 Å². The first-order valence-corrected chi connectivity index (χ1v) is 18.8. The maximum atomic E-state index is 12.8. The van der Waals surface area contributed by atoms with Crippen LogP contribution >= 0.6 is 11.3 Å². The van der Waals surface area contributed by atoms with Crippen LogP contribution in [-0.4, -0.2) is 27.9 Å². The van der Waals surface area contributed by atoms with Gasteiger partial charge in [0.1, 0.15) is 0 Å². The fourth-order valence-corrected chi connectivity index (χ4v) is 9.43. The van der Waals surface area contributed by atoms with Gasteiger partial charge in [0.2, 0.25) is 14.9 Å². The Kier molecular flexibility index (Phi) is 11.3. The predicted octanol–water partition coefficient (Wildman–Crippen LogP) is 7.07. The molecule has 2 amide bonds. The minimum absolute atomic E-state index is 0.0671. The quantitative estimate of drug-likeness (QED) is 0.117. The lowest BCUT2D eigenvalue weighted by atomic mass is 9.77. The minimum Gasteiger partial charge on any atom is -0.407 e. The molecule has 0 aliphatic heterocycles. The second-order valence-electron chi connectivity index (χ2n) is 13.0. The molecule has 0 unspecified atom stereocenters. The van der Waals surface area contributed by atoms with E-state index in [9.17, 15) is 9.59 Å². The topological polar surface area (TPSA) is 67.4 Å². The van der Waals surface area contributed by atoms with Crippen LogP contribution in [0, 0.1) is 13.8 Å². The molecule has 7 heteroatoms. The zero-order valence-corrected chi connectivity index (χ0v) is 30.6. The van der Waals surface area contributed by atoms with Crippen LogP contribution in [0.15, 0.2) is 109 Å². The highest BCUT2D eigenvalue weighted by atomic mass is 32.1. The summed E-state index contributed by atoms with van der Waals surface area (Å²) in [5, 5.41) is 10.3. The molecule has 1 heterocycles. The fourth-order valence-electron chi connectivity index (χ4n) is 6.34. The van der Waals surface area contributed by atoms with Gasteiger partial charge in [0, 0.05) is 23.6 Å². The van der Waals surface area contributed by atoms with Crippen LogP contribution in [0.1, 0.15) is 63.8 Å². The van der Waals surface area contributed by atoms with E-state index in [1.54, 1.807) is 36.6 Å². The molecule has 2 N–H and O–H groups in total. The van der Waals surface area contributed by atoms with Crippen LogP contribution in [0.25, 0.3) is 17.2 Å². The molecular formula is C41H44N2O3SSi.